The minimum absolute atomic E-state index is 0. The van der Waals surface area contributed by atoms with E-state index in [1.54, 1.807) is 0 Å². The van der Waals surface area contributed by atoms with E-state index in [2.05, 4.69) is 29.2 Å². The van der Waals surface area contributed by atoms with Gasteiger partial charge in [0.1, 0.15) is 5.97 Å². The summed E-state index contributed by atoms with van der Waals surface area (Å²) in [5.41, 5.74) is 2.37. The topological polar surface area (TPSA) is 63.7 Å². The number of benzene rings is 2. The fourth-order valence-electron chi connectivity index (χ4n) is 3.20. The van der Waals surface area contributed by atoms with Gasteiger partial charge in [0, 0.05) is 26.2 Å². The third-order valence-electron chi connectivity index (χ3n) is 4.37. The van der Waals surface area contributed by atoms with E-state index in [1.807, 2.05) is 36.4 Å². The van der Waals surface area contributed by atoms with Gasteiger partial charge in [-0.25, -0.2) is 0 Å². The SMILES string of the molecule is O=C([O-])C(=O)N1CCN(C(c2ccccc2)c2ccccc2)CC1.[Na+]. The molecule has 0 atom stereocenters. The van der Waals surface area contributed by atoms with Gasteiger partial charge in [-0.3, -0.25) is 9.69 Å². The van der Waals surface area contributed by atoms with Crippen LogP contribution in [0, 0.1) is 0 Å². The molecule has 2 aromatic carbocycles. The largest absolute Gasteiger partial charge is 1.00 e. The molecule has 1 aliphatic heterocycles. The zero-order valence-corrected chi connectivity index (χ0v) is 16.3. The molecular formula is C19H19N2NaO3. The summed E-state index contributed by atoms with van der Waals surface area (Å²) in [5, 5.41) is 10.7. The first-order chi connectivity index (χ1) is 11.7. The number of hydrogen-bond donors (Lipinski definition) is 0. The number of carbonyl (C=O) groups is 2. The molecule has 0 bridgehead atoms. The van der Waals surface area contributed by atoms with Crippen molar-refractivity contribution >= 4 is 11.9 Å². The first-order valence-electron chi connectivity index (χ1n) is 8.01. The van der Waals surface area contributed by atoms with Crippen LogP contribution in [0.25, 0.3) is 0 Å². The molecule has 6 heteroatoms. The Hall–Kier alpha value is -1.66. The van der Waals surface area contributed by atoms with Crippen LogP contribution in [0.4, 0.5) is 0 Å². The molecule has 0 aromatic heterocycles. The first kappa shape index (κ1) is 19.7. The molecule has 2 aromatic rings. The molecule has 0 radical (unpaired) electrons. The van der Waals surface area contributed by atoms with E-state index in [0.717, 1.165) is 0 Å². The van der Waals surface area contributed by atoms with Gasteiger partial charge < -0.3 is 14.8 Å². The molecule has 124 valence electrons. The van der Waals surface area contributed by atoms with Crippen molar-refractivity contribution < 1.29 is 44.3 Å². The average Bonchev–Trinajstić information content (AvgIpc) is 2.64. The summed E-state index contributed by atoms with van der Waals surface area (Å²) in [5.74, 6) is -2.56. The molecule has 0 saturated carbocycles. The molecule has 0 unspecified atom stereocenters. The van der Waals surface area contributed by atoms with E-state index < -0.39 is 11.9 Å². The quantitative estimate of drug-likeness (QED) is 0.462. The summed E-state index contributed by atoms with van der Waals surface area (Å²) < 4.78 is 0. The van der Waals surface area contributed by atoms with Gasteiger partial charge in [0.05, 0.1) is 6.04 Å². The monoisotopic (exact) mass is 346 g/mol. The molecule has 1 amide bonds. The van der Waals surface area contributed by atoms with Crippen LogP contribution in [0.1, 0.15) is 17.2 Å². The molecule has 1 saturated heterocycles. The van der Waals surface area contributed by atoms with Crippen molar-refractivity contribution in [1.29, 1.82) is 0 Å². The Balaban J connectivity index is 0.00000225. The van der Waals surface area contributed by atoms with Crippen molar-refractivity contribution in [3.8, 4) is 0 Å². The van der Waals surface area contributed by atoms with Crippen LogP contribution < -0.4 is 34.7 Å². The van der Waals surface area contributed by atoms with Gasteiger partial charge >= 0.3 is 29.6 Å². The van der Waals surface area contributed by atoms with Crippen molar-refractivity contribution in [2.24, 2.45) is 0 Å². The average molecular weight is 346 g/mol. The van der Waals surface area contributed by atoms with Gasteiger partial charge in [0.25, 0.3) is 5.91 Å². The molecular weight excluding hydrogens is 327 g/mol. The predicted molar refractivity (Wildman–Crippen MR) is 87.9 cm³/mol. The zero-order valence-electron chi connectivity index (χ0n) is 14.3. The minimum Gasteiger partial charge on any atom is -0.540 e. The second kappa shape index (κ2) is 9.15. The van der Waals surface area contributed by atoms with E-state index >= 15 is 0 Å². The Kier molecular flexibility index (Phi) is 7.20. The summed E-state index contributed by atoms with van der Waals surface area (Å²) in [6, 6.07) is 20.5. The molecule has 0 aliphatic carbocycles. The normalized spacial score (nSPS) is 14.8. The van der Waals surface area contributed by atoms with Crippen molar-refractivity contribution in [1.82, 2.24) is 9.80 Å². The second-order valence-electron chi connectivity index (χ2n) is 5.84. The number of rotatable bonds is 3. The maximum Gasteiger partial charge on any atom is 1.00 e. The molecule has 3 rings (SSSR count). The van der Waals surface area contributed by atoms with Crippen LogP contribution in [0.5, 0.6) is 0 Å². The Morgan fingerprint density at radius 2 is 1.24 bits per heavy atom. The van der Waals surface area contributed by atoms with Gasteiger partial charge in [-0.2, -0.15) is 0 Å². The number of carbonyl (C=O) groups excluding carboxylic acids is 2. The van der Waals surface area contributed by atoms with E-state index in [1.165, 1.54) is 16.0 Å². The molecule has 1 heterocycles. The second-order valence-corrected chi connectivity index (χ2v) is 5.84. The molecule has 0 N–H and O–H groups in total. The maximum absolute atomic E-state index is 11.6. The van der Waals surface area contributed by atoms with Gasteiger partial charge in [-0.1, -0.05) is 60.7 Å². The molecule has 25 heavy (non-hydrogen) atoms. The van der Waals surface area contributed by atoms with Gasteiger partial charge in [-0.05, 0) is 11.1 Å². The smallest absolute Gasteiger partial charge is 0.540 e. The zero-order chi connectivity index (χ0) is 16.9. The first-order valence-corrected chi connectivity index (χ1v) is 8.01. The Morgan fingerprint density at radius 1 is 0.800 bits per heavy atom. The van der Waals surface area contributed by atoms with E-state index in [9.17, 15) is 14.7 Å². The van der Waals surface area contributed by atoms with Crippen LogP contribution >= 0.6 is 0 Å². The maximum atomic E-state index is 11.6. The molecule has 5 nitrogen and oxygen atoms in total. The van der Waals surface area contributed by atoms with Crippen molar-refractivity contribution in [2.45, 2.75) is 6.04 Å². The van der Waals surface area contributed by atoms with Crippen LogP contribution in [0.15, 0.2) is 60.7 Å². The molecule has 1 fully saturated rings. The number of carboxylic acids is 1. The fourth-order valence-corrected chi connectivity index (χ4v) is 3.20. The predicted octanol–water partition coefficient (Wildman–Crippen LogP) is -2.33. The number of carboxylic acid groups (broad SMARTS) is 1. The van der Waals surface area contributed by atoms with E-state index in [0.29, 0.717) is 26.2 Å². The third kappa shape index (κ3) is 4.70. The van der Waals surface area contributed by atoms with Crippen LogP contribution in [-0.2, 0) is 9.59 Å². The van der Waals surface area contributed by atoms with Gasteiger partial charge in [0.15, 0.2) is 0 Å². The van der Waals surface area contributed by atoms with Crippen LogP contribution in [-0.4, -0.2) is 47.9 Å². The Labute approximate surface area is 169 Å². The summed E-state index contributed by atoms with van der Waals surface area (Å²) in [4.78, 5) is 25.9. The minimum atomic E-state index is -1.63. The number of piperazine rings is 1. The Morgan fingerprint density at radius 3 is 1.64 bits per heavy atom. The summed E-state index contributed by atoms with van der Waals surface area (Å²) in [6.45, 7) is 2.02. The number of aliphatic carboxylic acids is 1. The summed E-state index contributed by atoms with van der Waals surface area (Å²) >= 11 is 0. The standard InChI is InChI=1S/C19H20N2O3.Na/c22-18(19(23)24)21-13-11-20(12-14-21)17(15-7-3-1-4-8-15)16-9-5-2-6-10-16;/h1-10,17H,11-14H2,(H,23,24);/q;+1/p-1. The molecule has 0 spiro atoms. The van der Waals surface area contributed by atoms with Crippen LogP contribution in [0.2, 0.25) is 0 Å². The van der Waals surface area contributed by atoms with Crippen LogP contribution in [0.3, 0.4) is 0 Å². The van der Waals surface area contributed by atoms with E-state index in [4.69, 9.17) is 0 Å². The number of hydrogen-bond acceptors (Lipinski definition) is 4. The summed E-state index contributed by atoms with van der Waals surface area (Å²) in [7, 11) is 0. The van der Waals surface area contributed by atoms with Crippen molar-refractivity contribution in [3.63, 3.8) is 0 Å². The fraction of sp³-hybridized carbons (Fsp3) is 0.263. The van der Waals surface area contributed by atoms with E-state index in [-0.39, 0.29) is 35.6 Å². The number of amides is 1. The Bertz CT molecular complexity index is 662. The third-order valence-corrected chi connectivity index (χ3v) is 4.37. The number of nitrogens with zero attached hydrogens (tertiary/aromatic N) is 2. The molecule has 1 aliphatic rings. The van der Waals surface area contributed by atoms with Gasteiger partial charge in [0.2, 0.25) is 0 Å². The van der Waals surface area contributed by atoms with Crippen molar-refractivity contribution in [2.75, 3.05) is 26.2 Å². The summed E-state index contributed by atoms with van der Waals surface area (Å²) in [6.07, 6.45) is 0. The van der Waals surface area contributed by atoms with Crippen molar-refractivity contribution in [3.05, 3.63) is 71.8 Å². The van der Waals surface area contributed by atoms with Gasteiger partial charge in [-0.15, -0.1) is 0 Å².